The molecule has 0 bridgehead atoms. The third-order valence-electron chi connectivity index (χ3n) is 1.77. The fourth-order valence-electron chi connectivity index (χ4n) is 0.947. The number of halogens is 1. The van der Waals surface area contributed by atoms with Gasteiger partial charge in [-0.2, -0.15) is 0 Å². The molecule has 1 atom stereocenters. The second-order valence-electron chi connectivity index (χ2n) is 3.25. The van der Waals surface area contributed by atoms with Crippen LogP contribution in [0.25, 0.3) is 0 Å². The van der Waals surface area contributed by atoms with Crippen LogP contribution in [0.5, 0.6) is 0 Å². The molecule has 0 saturated carbocycles. The molecule has 1 unspecified atom stereocenters. The molecule has 0 aromatic carbocycles. The molecule has 0 saturated heterocycles. The van der Waals surface area contributed by atoms with Crippen molar-refractivity contribution in [3.63, 3.8) is 0 Å². The Bertz CT molecular complexity index is 216. The highest BCUT2D eigenvalue weighted by molar-refractivity contribution is 6.30. The first-order chi connectivity index (χ1) is 6.40. The predicted molar refractivity (Wildman–Crippen MR) is 54.2 cm³/mol. The predicted octanol–water partition coefficient (Wildman–Crippen LogP) is 1.02. The maximum absolute atomic E-state index is 11.5. The Kier molecular flexibility index (Phi) is 5.53. The molecule has 1 amide bonds. The Balaban J connectivity index is 4.45. The highest BCUT2D eigenvalue weighted by Gasteiger charge is 2.23. The third-order valence-corrected chi connectivity index (χ3v) is 1.96. The fourth-order valence-corrected chi connectivity index (χ4v) is 1.07. The SMILES string of the molecule is COC(=O)CN(C(=O)C(C)Cl)C(C)C. The smallest absolute Gasteiger partial charge is 0.325 e. The Morgan fingerprint density at radius 3 is 2.14 bits per heavy atom. The Labute approximate surface area is 89.2 Å². The normalized spacial score (nSPS) is 12.4. The van der Waals surface area contributed by atoms with Crippen LogP contribution >= 0.6 is 11.6 Å². The molecule has 0 aliphatic carbocycles. The average molecular weight is 222 g/mol. The fraction of sp³-hybridized carbons (Fsp3) is 0.778. The van der Waals surface area contributed by atoms with Crippen LogP contribution in [0.4, 0.5) is 0 Å². The van der Waals surface area contributed by atoms with Crippen LogP contribution in [-0.2, 0) is 14.3 Å². The van der Waals surface area contributed by atoms with Crippen molar-refractivity contribution in [1.82, 2.24) is 4.90 Å². The number of hydrogen-bond acceptors (Lipinski definition) is 3. The molecule has 0 aliphatic heterocycles. The highest BCUT2D eigenvalue weighted by atomic mass is 35.5. The van der Waals surface area contributed by atoms with Crippen molar-refractivity contribution < 1.29 is 14.3 Å². The minimum atomic E-state index is -0.623. The molecule has 0 aliphatic rings. The summed E-state index contributed by atoms with van der Waals surface area (Å²) in [4.78, 5) is 23.9. The van der Waals surface area contributed by atoms with Crippen molar-refractivity contribution in [2.24, 2.45) is 0 Å². The molecule has 0 heterocycles. The zero-order valence-corrected chi connectivity index (χ0v) is 9.67. The van der Waals surface area contributed by atoms with Crippen molar-refractivity contribution in [3.05, 3.63) is 0 Å². The van der Waals surface area contributed by atoms with Crippen molar-refractivity contribution in [2.75, 3.05) is 13.7 Å². The maximum Gasteiger partial charge on any atom is 0.325 e. The summed E-state index contributed by atoms with van der Waals surface area (Å²) >= 11 is 5.65. The maximum atomic E-state index is 11.5. The van der Waals surface area contributed by atoms with Gasteiger partial charge in [0, 0.05) is 6.04 Å². The summed E-state index contributed by atoms with van der Waals surface area (Å²) in [7, 11) is 1.29. The van der Waals surface area contributed by atoms with Gasteiger partial charge < -0.3 is 9.64 Å². The van der Waals surface area contributed by atoms with E-state index in [0.29, 0.717) is 0 Å². The number of methoxy groups -OCH3 is 1. The molecule has 0 rings (SSSR count). The quantitative estimate of drug-likeness (QED) is 0.526. The van der Waals surface area contributed by atoms with E-state index in [4.69, 9.17) is 11.6 Å². The molecule has 0 radical (unpaired) electrons. The van der Waals surface area contributed by atoms with Crippen molar-refractivity contribution >= 4 is 23.5 Å². The minimum absolute atomic E-state index is 0.0515. The summed E-state index contributed by atoms with van der Waals surface area (Å²) < 4.78 is 4.48. The number of alkyl halides is 1. The van der Waals surface area contributed by atoms with E-state index in [9.17, 15) is 9.59 Å². The first kappa shape index (κ1) is 13.2. The molecule has 0 aromatic rings. The van der Waals surface area contributed by atoms with E-state index in [1.165, 1.54) is 12.0 Å². The van der Waals surface area contributed by atoms with Crippen molar-refractivity contribution in [3.8, 4) is 0 Å². The van der Waals surface area contributed by atoms with Gasteiger partial charge in [-0.1, -0.05) is 0 Å². The second kappa shape index (κ2) is 5.86. The molecule has 0 N–H and O–H groups in total. The van der Waals surface area contributed by atoms with E-state index < -0.39 is 11.3 Å². The average Bonchev–Trinajstić information content (AvgIpc) is 2.11. The van der Waals surface area contributed by atoms with Crippen LogP contribution in [0.15, 0.2) is 0 Å². The van der Waals surface area contributed by atoms with Gasteiger partial charge in [0.2, 0.25) is 5.91 Å². The summed E-state index contributed by atoms with van der Waals surface area (Å²) in [6.07, 6.45) is 0. The number of carbonyl (C=O) groups is 2. The van der Waals surface area contributed by atoms with Gasteiger partial charge in [-0.3, -0.25) is 9.59 Å². The monoisotopic (exact) mass is 221 g/mol. The van der Waals surface area contributed by atoms with Crippen LogP contribution in [0, 0.1) is 0 Å². The van der Waals surface area contributed by atoms with E-state index in [1.807, 2.05) is 13.8 Å². The molecule has 4 nitrogen and oxygen atoms in total. The lowest BCUT2D eigenvalue weighted by Crippen LogP contribution is -2.44. The number of ether oxygens (including phenoxy) is 1. The number of esters is 1. The van der Waals surface area contributed by atoms with Crippen LogP contribution in [0.2, 0.25) is 0 Å². The first-order valence-electron chi connectivity index (χ1n) is 4.41. The first-order valence-corrected chi connectivity index (χ1v) is 4.85. The summed E-state index contributed by atoms with van der Waals surface area (Å²) in [6, 6.07) is -0.0669. The number of amides is 1. The van der Waals surface area contributed by atoms with Crippen LogP contribution in [0.3, 0.4) is 0 Å². The minimum Gasteiger partial charge on any atom is -0.468 e. The van der Waals surface area contributed by atoms with Crippen LogP contribution in [0.1, 0.15) is 20.8 Å². The molecular formula is C9H16ClNO3. The standard InChI is InChI=1S/C9H16ClNO3/c1-6(2)11(5-8(12)14-4)9(13)7(3)10/h6-7H,5H2,1-4H3. The lowest BCUT2D eigenvalue weighted by atomic mass is 10.3. The number of rotatable bonds is 4. The van der Waals surface area contributed by atoms with E-state index in [1.54, 1.807) is 6.92 Å². The van der Waals surface area contributed by atoms with Gasteiger partial charge in [-0.15, -0.1) is 11.6 Å². The van der Waals surface area contributed by atoms with E-state index >= 15 is 0 Å². The Morgan fingerprint density at radius 1 is 1.36 bits per heavy atom. The number of hydrogen-bond donors (Lipinski definition) is 0. The molecule has 0 spiro atoms. The number of nitrogens with zero attached hydrogens (tertiary/aromatic N) is 1. The van der Waals surface area contributed by atoms with Crippen molar-refractivity contribution in [1.29, 1.82) is 0 Å². The Hall–Kier alpha value is -0.770. The van der Waals surface area contributed by atoms with Gasteiger partial charge in [0.15, 0.2) is 0 Å². The highest BCUT2D eigenvalue weighted by Crippen LogP contribution is 2.06. The second-order valence-corrected chi connectivity index (χ2v) is 3.91. The van der Waals surface area contributed by atoms with Crippen LogP contribution in [-0.4, -0.2) is 41.8 Å². The summed E-state index contributed by atoms with van der Waals surface area (Å²) in [5.41, 5.74) is 0. The molecule has 5 heteroatoms. The zero-order chi connectivity index (χ0) is 11.3. The van der Waals surface area contributed by atoms with Gasteiger partial charge >= 0.3 is 5.97 Å². The van der Waals surface area contributed by atoms with E-state index in [-0.39, 0.29) is 18.5 Å². The van der Waals surface area contributed by atoms with Crippen LogP contribution < -0.4 is 0 Å². The van der Waals surface area contributed by atoms with Gasteiger partial charge in [-0.25, -0.2) is 0 Å². The third kappa shape index (κ3) is 3.96. The van der Waals surface area contributed by atoms with Gasteiger partial charge in [0.05, 0.1) is 7.11 Å². The zero-order valence-electron chi connectivity index (χ0n) is 8.91. The molecule has 82 valence electrons. The summed E-state index contributed by atoms with van der Waals surface area (Å²) in [5, 5.41) is -0.623. The van der Waals surface area contributed by atoms with E-state index in [0.717, 1.165) is 0 Å². The molecule has 0 fully saturated rings. The van der Waals surface area contributed by atoms with Crippen molar-refractivity contribution in [2.45, 2.75) is 32.2 Å². The number of carbonyl (C=O) groups excluding carboxylic acids is 2. The molecule has 0 aromatic heterocycles. The molecule has 14 heavy (non-hydrogen) atoms. The lowest BCUT2D eigenvalue weighted by molar-refractivity contribution is -0.147. The Morgan fingerprint density at radius 2 is 1.86 bits per heavy atom. The van der Waals surface area contributed by atoms with Gasteiger partial charge in [0.25, 0.3) is 0 Å². The largest absolute Gasteiger partial charge is 0.468 e. The summed E-state index contributed by atoms with van der Waals surface area (Å²) in [6.45, 7) is 5.17. The molecular weight excluding hydrogens is 206 g/mol. The van der Waals surface area contributed by atoms with Gasteiger partial charge in [0.1, 0.15) is 11.9 Å². The van der Waals surface area contributed by atoms with Gasteiger partial charge in [-0.05, 0) is 20.8 Å². The summed E-state index contributed by atoms with van der Waals surface area (Å²) in [5.74, 6) is -0.698. The lowest BCUT2D eigenvalue weighted by Gasteiger charge is -2.26. The van der Waals surface area contributed by atoms with E-state index in [2.05, 4.69) is 4.74 Å². The topological polar surface area (TPSA) is 46.6 Å².